The van der Waals surface area contributed by atoms with Crippen molar-refractivity contribution in [3.63, 3.8) is 0 Å². The standard InChI is InChI=1S/C10H6BrN5O2/c11-6-2-1-5(3-7(6)17)10-14-9(16-18-10)8-12-4-13-15-8/h1-4,17H,(H,12,13,15). The molecular formula is C10H6BrN5O2. The van der Waals surface area contributed by atoms with E-state index in [1.807, 2.05) is 0 Å². The molecule has 2 N–H and O–H groups in total. The summed E-state index contributed by atoms with van der Waals surface area (Å²) in [6, 6.07) is 4.98. The molecule has 1 aromatic carbocycles. The van der Waals surface area contributed by atoms with Gasteiger partial charge in [0.1, 0.15) is 12.1 Å². The highest BCUT2D eigenvalue weighted by atomic mass is 79.9. The van der Waals surface area contributed by atoms with Crippen LogP contribution in [0.15, 0.2) is 33.5 Å². The van der Waals surface area contributed by atoms with Gasteiger partial charge in [-0.2, -0.15) is 10.1 Å². The topological polar surface area (TPSA) is 101 Å². The Morgan fingerprint density at radius 3 is 2.94 bits per heavy atom. The molecule has 0 aliphatic carbocycles. The van der Waals surface area contributed by atoms with Gasteiger partial charge in [0.05, 0.1) is 4.47 Å². The van der Waals surface area contributed by atoms with Crippen molar-refractivity contribution in [2.24, 2.45) is 0 Å². The molecule has 0 saturated carbocycles. The van der Waals surface area contributed by atoms with Crippen LogP contribution in [0.25, 0.3) is 23.1 Å². The molecule has 0 amide bonds. The number of hydrogen-bond acceptors (Lipinski definition) is 6. The zero-order chi connectivity index (χ0) is 12.5. The van der Waals surface area contributed by atoms with E-state index >= 15 is 0 Å². The fraction of sp³-hybridized carbons (Fsp3) is 0. The van der Waals surface area contributed by atoms with Crippen LogP contribution >= 0.6 is 15.9 Å². The Labute approximate surface area is 109 Å². The number of halogens is 1. The van der Waals surface area contributed by atoms with Crippen molar-refractivity contribution in [1.82, 2.24) is 25.3 Å². The number of nitrogens with zero attached hydrogens (tertiary/aromatic N) is 4. The summed E-state index contributed by atoms with van der Waals surface area (Å²) in [6.07, 6.45) is 1.36. The highest BCUT2D eigenvalue weighted by Gasteiger charge is 2.13. The molecule has 3 rings (SSSR count). The summed E-state index contributed by atoms with van der Waals surface area (Å²) in [4.78, 5) is 8.07. The van der Waals surface area contributed by atoms with E-state index in [0.29, 0.717) is 27.6 Å². The van der Waals surface area contributed by atoms with E-state index in [-0.39, 0.29) is 5.75 Å². The zero-order valence-electron chi connectivity index (χ0n) is 8.83. The molecule has 0 unspecified atom stereocenters. The van der Waals surface area contributed by atoms with Gasteiger partial charge in [0, 0.05) is 5.56 Å². The molecule has 0 aliphatic rings. The fourth-order valence-electron chi connectivity index (χ4n) is 1.40. The lowest BCUT2D eigenvalue weighted by atomic mass is 10.2. The van der Waals surface area contributed by atoms with Gasteiger partial charge in [0.2, 0.25) is 5.82 Å². The smallest absolute Gasteiger partial charge is 0.258 e. The number of phenolic OH excluding ortho intramolecular Hbond substituents is 1. The molecule has 0 bridgehead atoms. The van der Waals surface area contributed by atoms with Crippen LogP contribution in [0.2, 0.25) is 0 Å². The largest absolute Gasteiger partial charge is 0.507 e. The first-order chi connectivity index (χ1) is 8.74. The third-order valence-corrected chi connectivity index (χ3v) is 2.92. The Bertz CT molecular complexity index is 679. The van der Waals surface area contributed by atoms with Crippen molar-refractivity contribution in [3.05, 3.63) is 29.0 Å². The molecule has 0 radical (unpaired) electrons. The fourth-order valence-corrected chi connectivity index (χ4v) is 1.64. The van der Waals surface area contributed by atoms with Gasteiger partial charge in [0.25, 0.3) is 5.89 Å². The van der Waals surface area contributed by atoms with Crippen LogP contribution in [0, 0.1) is 0 Å². The zero-order valence-corrected chi connectivity index (χ0v) is 10.4. The van der Waals surface area contributed by atoms with Gasteiger partial charge in [-0.15, -0.1) is 0 Å². The number of nitrogens with one attached hydrogen (secondary N) is 1. The third kappa shape index (κ3) is 1.86. The summed E-state index contributed by atoms with van der Waals surface area (Å²) in [5.74, 6) is 1.13. The van der Waals surface area contributed by atoms with Crippen LogP contribution in [0.5, 0.6) is 5.75 Å². The van der Waals surface area contributed by atoms with Crippen molar-refractivity contribution in [2.45, 2.75) is 0 Å². The number of rotatable bonds is 2. The predicted molar refractivity (Wildman–Crippen MR) is 64.5 cm³/mol. The van der Waals surface area contributed by atoms with E-state index < -0.39 is 0 Å². The second-order valence-electron chi connectivity index (χ2n) is 3.42. The molecule has 3 aromatic rings. The number of phenols is 1. The van der Waals surface area contributed by atoms with Crippen LogP contribution in [0.1, 0.15) is 0 Å². The van der Waals surface area contributed by atoms with E-state index in [0.717, 1.165) is 0 Å². The van der Waals surface area contributed by atoms with E-state index in [4.69, 9.17) is 4.52 Å². The quantitative estimate of drug-likeness (QED) is 0.751. The Morgan fingerprint density at radius 1 is 1.33 bits per heavy atom. The summed E-state index contributed by atoms with van der Waals surface area (Å²) in [7, 11) is 0. The van der Waals surface area contributed by atoms with Crippen molar-refractivity contribution < 1.29 is 9.63 Å². The summed E-state index contributed by atoms with van der Waals surface area (Å²) in [5, 5.41) is 19.7. The van der Waals surface area contributed by atoms with Gasteiger partial charge in [0.15, 0.2) is 5.82 Å². The first-order valence-electron chi connectivity index (χ1n) is 4.92. The van der Waals surface area contributed by atoms with E-state index in [1.54, 1.807) is 12.1 Å². The minimum Gasteiger partial charge on any atom is -0.507 e. The van der Waals surface area contributed by atoms with E-state index in [9.17, 15) is 5.11 Å². The van der Waals surface area contributed by atoms with Crippen LogP contribution in [0.3, 0.4) is 0 Å². The van der Waals surface area contributed by atoms with Gasteiger partial charge < -0.3 is 9.63 Å². The normalized spacial score (nSPS) is 10.7. The number of benzene rings is 1. The lowest BCUT2D eigenvalue weighted by molar-refractivity contribution is 0.431. The average molecular weight is 308 g/mol. The van der Waals surface area contributed by atoms with Gasteiger partial charge in [-0.1, -0.05) is 5.16 Å². The van der Waals surface area contributed by atoms with Crippen LogP contribution < -0.4 is 0 Å². The Balaban J connectivity index is 2.00. The number of H-pyrrole nitrogens is 1. The molecule has 7 nitrogen and oxygen atoms in total. The predicted octanol–water partition coefficient (Wildman–Crippen LogP) is 1.99. The summed E-state index contributed by atoms with van der Waals surface area (Å²) in [5.41, 5.74) is 0.619. The summed E-state index contributed by atoms with van der Waals surface area (Å²) in [6.45, 7) is 0. The van der Waals surface area contributed by atoms with Gasteiger partial charge in [-0.05, 0) is 34.1 Å². The van der Waals surface area contributed by atoms with E-state index in [2.05, 4.69) is 41.3 Å². The molecular weight excluding hydrogens is 302 g/mol. The second kappa shape index (κ2) is 4.22. The lowest BCUT2D eigenvalue weighted by Gasteiger charge is -1.97. The maximum absolute atomic E-state index is 9.59. The molecule has 2 aromatic heterocycles. The number of aromatic amines is 1. The molecule has 0 atom stereocenters. The minimum atomic E-state index is 0.104. The van der Waals surface area contributed by atoms with Gasteiger partial charge in [-0.3, -0.25) is 5.10 Å². The highest BCUT2D eigenvalue weighted by molar-refractivity contribution is 9.10. The van der Waals surface area contributed by atoms with Gasteiger partial charge in [-0.25, -0.2) is 4.98 Å². The third-order valence-electron chi connectivity index (χ3n) is 2.25. The summed E-state index contributed by atoms with van der Waals surface area (Å²) >= 11 is 3.20. The van der Waals surface area contributed by atoms with Crippen LogP contribution in [0.4, 0.5) is 0 Å². The molecule has 0 fully saturated rings. The lowest BCUT2D eigenvalue weighted by Crippen LogP contribution is -1.83. The monoisotopic (exact) mass is 307 g/mol. The average Bonchev–Trinajstić information content (AvgIpc) is 3.01. The maximum Gasteiger partial charge on any atom is 0.258 e. The Morgan fingerprint density at radius 2 is 2.22 bits per heavy atom. The number of hydrogen-bond donors (Lipinski definition) is 2. The van der Waals surface area contributed by atoms with Crippen molar-refractivity contribution in [3.8, 4) is 28.9 Å². The van der Waals surface area contributed by atoms with Crippen LogP contribution in [-0.4, -0.2) is 30.4 Å². The van der Waals surface area contributed by atoms with Gasteiger partial charge >= 0.3 is 0 Å². The molecule has 90 valence electrons. The molecule has 2 heterocycles. The second-order valence-corrected chi connectivity index (χ2v) is 4.28. The van der Waals surface area contributed by atoms with Crippen molar-refractivity contribution >= 4 is 15.9 Å². The van der Waals surface area contributed by atoms with Crippen LogP contribution in [-0.2, 0) is 0 Å². The number of aromatic nitrogens is 5. The minimum absolute atomic E-state index is 0.104. The Kier molecular flexibility index (Phi) is 2.56. The molecule has 18 heavy (non-hydrogen) atoms. The molecule has 8 heteroatoms. The first kappa shape index (κ1) is 10.9. The SMILES string of the molecule is Oc1cc(-c2nc(-c3ncn[nH]3)no2)ccc1Br. The van der Waals surface area contributed by atoms with Crippen molar-refractivity contribution in [2.75, 3.05) is 0 Å². The first-order valence-corrected chi connectivity index (χ1v) is 5.71. The maximum atomic E-state index is 9.59. The molecule has 0 aliphatic heterocycles. The van der Waals surface area contributed by atoms with E-state index in [1.165, 1.54) is 12.4 Å². The highest BCUT2D eigenvalue weighted by Crippen LogP contribution is 2.29. The Hall–Kier alpha value is -2.22. The number of aromatic hydroxyl groups is 1. The molecule has 0 saturated heterocycles. The molecule has 0 spiro atoms. The summed E-state index contributed by atoms with van der Waals surface area (Å²) < 4.78 is 5.69. The van der Waals surface area contributed by atoms with Crippen molar-refractivity contribution in [1.29, 1.82) is 0 Å².